The van der Waals surface area contributed by atoms with Crippen LogP contribution in [-0.4, -0.2) is 38.9 Å². The number of benzene rings is 1. The minimum atomic E-state index is -0.0146. The number of carbonyl (C=O) groups excluding carboxylic acids is 1. The Kier molecular flexibility index (Phi) is 6.75. The molecule has 1 aromatic carbocycles. The van der Waals surface area contributed by atoms with Crippen LogP contribution in [0.25, 0.3) is 0 Å². The zero-order valence-electron chi connectivity index (χ0n) is 11.4. The molecular weight excluding hydrogens is 369 g/mol. The fraction of sp³-hybridized carbons (Fsp3) is 0.533. The second kappa shape index (κ2) is 8.59. The van der Waals surface area contributed by atoms with Gasteiger partial charge in [0.1, 0.15) is 0 Å². The Balaban J connectivity index is 1.56. The third kappa shape index (κ3) is 5.03. The van der Waals surface area contributed by atoms with Crippen LogP contribution in [0.2, 0.25) is 0 Å². The molecule has 20 heavy (non-hydrogen) atoms. The highest BCUT2D eigenvalue weighted by Crippen LogP contribution is 2.12. The first kappa shape index (κ1) is 15.7. The molecule has 1 saturated heterocycles. The lowest BCUT2D eigenvalue weighted by molar-refractivity contribution is 0.0853. The predicted octanol–water partition coefficient (Wildman–Crippen LogP) is 2.46. The molecule has 0 aliphatic carbocycles. The lowest BCUT2D eigenvalue weighted by Crippen LogP contribution is -2.26. The summed E-state index contributed by atoms with van der Waals surface area (Å²) in [6, 6.07) is 7.58. The molecule has 1 aliphatic heterocycles. The van der Waals surface area contributed by atoms with Crippen LogP contribution < -0.4 is 5.32 Å². The van der Waals surface area contributed by atoms with Crippen LogP contribution in [0, 0.1) is 9.49 Å². The number of rotatable bonds is 7. The SMILES string of the molecule is O=C(NCCCOCC1CCOC1)c1ccccc1I. The maximum atomic E-state index is 11.9. The summed E-state index contributed by atoms with van der Waals surface area (Å²) in [6.07, 6.45) is 1.94. The molecule has 1 unspecified atom stereocenters. The summed E-state index contributed by atoms with van der Waals surface area (Å²) in [5.41, 5.74) is 0.733. The van der Waals surface area contributed by atoms with Crippen LogP contribution in [0.3, 0.4) is 0 Å². The zero-order chi connectivity index (χ0) is 14.2. The molecule has 0 bridgehead atoms. The van der Waals surface area contributed by atoms with Gasteiger partial charge in [-0.2, -0.15) is 0 Å². The fourth-order valence-corrected chi connectivity index (χ4v) is 2.71. The molecule has 2 rings (SSSR count). The maximum absolute atomic E-state index is 11.9. The minimum Gasteiger partial charge on any atom is -0.381 e. The molecule has 1 aliphatic rings. The summed E-state index contributed by atoms with van der Waals surface area (Å²) < 4.78 is 11.9. The second-order valence-corrected chi connectivity index (χ2v) is 6.06. The lowest BCUT2D eigenvalue weighted by atomic mass is 10.1. The summed E-state index contributed by atoms with van der Waals surface area (Å²) >= 11 is 2.17. The van der Waals surface area contributed by atoms with Gasteiger partial charge in [0, 0.05) is 29.2 Å². The highest BCUT2D eigenvalue weighted by Gasteiger charge is 2.15. The molecule has 0 spiro atoms. The van der Waals surface area contributed by atoms with Crippen LogP contribution in [0.4, 0.5) is 0 Å². The molecule has 110 valence electrons. The van der Waals surface area contributed by atoms with Crippen LogP contribution in [0.5, 0.6) is 0 Å². The van der Waals surface area contributed by atoms with Gasteiger partial charge in [0.25, 0.3) is 5.91 Å². The van der Waals surface area contributed by atoms with E-state index in [2.05, 4.69) is 27.9 Å². The van der Waals surface area contributed by atoms with Gasteiger partial charge in [0.2, 0.25) is 0 Å². The van der Waals surface area contributed by atoms with Gasteiger partial charge in [-0.05, 0) is 47.6 Å². The molecule has 1 fully saturated rings. The van der Waals surface area contributed by atoms with Crippen molar-refractivity contribution in [1.82, 2.24) is 5.32 Å². The van der Waals surface area contributed by atoms with Gasteiger partial charge in [-0.15, -0.1) is 0 Å². The van der Waals surface area contributed by atoms with Crippen molar-refractivity contribution in [3.63, 3.8) is 0 Å². The summed E-state index contributed by atoms with van der Waals surface area (Å²) in [4.78, 5) is 11.9. The molecule has 0 saturated carbocycles. The van der Waals surface area contributed by atoms with E-state index in [1.54, 1.807) is 0 Å². The molecule has 1 atom stereocenters. The Morgan fingerprint density at radius 1 is 1.45 bits per heavy atom. The largest absolute Gasteiger partial charge is 0.381 e. The highest BCUT2D eigenvalue weighted by atomic mass is 127. The standard InChI is InChI=1S/C15H20INO3/c16-14-5-2-1-4-13(14)15(18)17-7-3-8-19-10-12-6-9-20-11-12/h1-2,4-5,12H,3,6-11H2,(H,17,18). The first-order valence-corrected chi connectivity index (χ1v) is 8.03. The van der Waals surface area contributed by atoms with E-state index in [9.17, 15) is 4.79 Å². The molecule has 0 radical (unpaired) electrons. The smallest absolute Gasteiger partial charge is 0.252 e. The Morgan fingerprint density at radius 3 is 3.05 bits per heavy atom. The Labute approximate surface area is 133 Å². The summed E-state index contributed by atoms with van der Waals surface area (Å²) in [5.74, 6) is 0.537. The molecule has 1 amide bonds. The van der Waals surface area contributed by atoms with E-state index in [4.69, 9.17) is 9.47 Å². The number of carbonyl (C=O) groups is 1. The molecule has 0 aromatic heterocycles. The average molecular weight is 389 g/mol. The van der Waals surface area contributed by atoms with Crippen molar-refractivity contribution in [3.05, 3.63) is 33.4 Å². The van der Waals surface area contributed by atoms with Crippen molar-refractivity contribution in [2.24, 2.45) is 5.92 Å². The molecular formula is C15H20INO3. The van der Waals surface area contributed by atoms with Gasteiger partial charge in [0.15, 0.2) is 0 Å². The van der Waals surface area contributed by atoms with Crippen molar-refractivity contribution in [2.75, 3.05) is 33.0 Å². The topological polar surface area (TPSA) is 47.6 Å². The number of halogens is 1. The second-order valence-electron chi connectivity index (χ2n) is 4.89. The van der Waals surface area contributed by atoms with Crippen LogP contribution in [-0.2, 0) is 9.47 Å². The first-order chi connectivity index (χ1) is 9.77. The van der Waals surface area contributed by atoms with Gasteiger partial charge in [-0.1, -0.05) is 12.1 Å². The van der Waals surface area contributed by atoms with Gasteiger partial charge in [-0.3, -0.25) is 4.79 Å². The zero-order valence-corrected chi connectivity index (χ0v) is 13.6. The number of nitrogens with one attached hydrogen (secondary N) is 1. The van der Waals surface area contributed by atoms with E-state index >= 15 is 0 Å². The first-order valence-electron chi connectivity index (χ1n) is 6.95. The van der Waals surface area contributed by atoms with E-state index in [-0.39, 0.29) is 5.91 Å². The normalized spacial score (nSPS) is 18.1. The van der Waals surface area contributed by atoms with Crippen LogP contribution in [0.15, 0.2) is 24.3 Å². The van der Waals surface area contributed by atoms with E-state index in [1.807, 2.05) is 24.3 Å². The molecule has 4 nitrogen and oxygen atoms in total. The van der Waals surface area contributed by atoms with Crippen molar-refractivity contribution in [1.29, 1.82) is 0 Å². The Bertz CT molecular complexity index is 433. The molecule has 5 heteroatoms. The average Bonchev–Trinajstić information content (AvgIpc) is 2.96. The molecule has 1 aromatic rings. The van der Waals surface area contributed by atoms with Gasteiger partial charge < -0.3 is 14.8 Å². The summed E-state index contributed by atoms with van der Waals surface area (Å²) in [5, 5.41) is 2.92. The van der Waals surface area contributed by atoms with Crippen molar-refractivity contribution in [2.45, 2.75) is 12.8 Å². The van der Waals surface area contributed by atoms with Crippen molar-refractivity contribution < 1.29 is 14.3 Å². The van der Waals surface area contributed by atoms with Crippen molar-refractivity contribution in [3.8, 4) is 0 Å². The minimum absolute atomic E-state index is 0.0146. The predicted molar refractivity (Wildman–Crippen MR) is 85.9 cm³/mol. The summed E-state index contributed by atoms with van der Waals surface area (Å²) in [6.45, 7) is 3.78. The quantitative estimate of drug-likeness (QED) is 0.576. The van der Waals surface area contributed by atoms with Gasteiger partial charge in [-0.25, -0.2) is 0 Å². The Hall–Kier alpha value is -0.660. The number of hydrogen-bond donors (Lipinski definition) is 1. The highest BCUT2D eigenvalue weighted by molar-refractivity contribution is 14.1. The Morgan fingerprint density at radius 2 is 2.30 bits per heavy atom. The number of amides is 1. The maximum Gasteiger partial charge on any atom is 0.252 e. The lowest BCUT2D eigenvalue weighted by Gasteiger charge is -2.09. The van der Waals surface area contributed by atoms with E-state index in [1.165, 1.54) is 0 Å². The fourth-order valence-electron chi connectivity index (χ4n) is 2.08. The summed E-state index contributed by atoms with van der Waals surface area (Å²) in [7, 11) is 0. The van der Waals surface area contributed by atoms with Gasteiger partial charge in [0.05, 0.1) is 18.8 Å². The van der Waals surface area contributed by atoms with E-state index in [0.717, 1.165) is 41.8 Å². The monoisotopic (exact) mass is 389 g/mol. The third-order valence-electron chi connectivity index (χ3n) is 3.25. The molecule has 1 heterocycles. The third-order valence-corrected chi connectivity index (χ3v) is 4.19. The van der Waals surface area contributed by atoms with E-state index in [0.29, 0.717) is 19.1 Å². The van der Waals surface area contributed by atoms with Crippen LogP contribution in [0.1, 0.15) is 23.2 Å². The van der Waals surface area contributed by atoms with Crippen LogP contribution >= 0.6 is 22.6 Å². The van der Waals surface area contributed by atoms with E-state index < -0.39 is 0 Å². The molecule has 1 N–H and O–H groups in total. The van der Waals surface area contributed by atoms with Gasteiger partial charge >= 0.3 is 0 Å². The van der Waals surface area contributed by atoms with Crippen molar-refractivity contribution >= 4 is 28.5 Å². The number of hydrogen-bond acceptors (Lipinski definition) is 3. The number of ether oxygens (including phenoxy) is 2.